The summed E-state index contributed by atoms with van der Waals surface area (Å²) >= 11 is 0. The van der Waals surface area contributed by atoms with Crippen molar-refractivity contribution in [3.8, 4) is 5.75 Å². The quantitative estimate of drug-likeness (QED) is 0.734. The molecule has 20 heavy (non-hydrogen) atoms. The van der Waals surface area contributed by atoms with Crippen LogP contribution in [0, 0.1) is 20.8 Å². The lowest BCUT2D eigenvalue weighted by Gasteiger charge is -2.14. The summed E-state index contributed by atoms with van der Waals surface area (Å²) in [7, 11) is 0. The molecule has 0 aromatic heterocycles. The first-order valence-electron chi connectivity index (χ1n) is 6.37. The summed E-state index contributed by atoms with van der Waals surface area (Å²) in [6.07, 6.45) is 0. The van der Waals surface area contributed by atoms with Gasteiger partial charge in [0, 0.05) is 0 Å². The molecule has 0 unspecified atom stereocenters. The highest BCUT2D eigenvalue weighted by atomic mass is 16.3. The van der Waals surface area contributed by atoms with Crippen LogP contribution in [0.1, 0.15) is 27.0 Å². The maximum absolute atomic E-state index is 12.3. The van der Waals surface area contributed by atoms with Crippen LogP contribution in [0.5, 0.6) is 5.75 Å². The average Bonchev–Trinajstić information content (AvgIpc) is 2.41. The van der Waals surface area contributed by atoms with Crippen LogP contribution in [0.25, 0.3) is 0 Å². The van der Waals surface area contributed by atoms with E-state index in [9.17, 15) is 9.90 Å². The van der Waals surface area contributed by atoms with Crippen molar-refractivity contribution < 1.29 is 9.90 Å². The molecule has 0 atom stereocenters. The molecule has 0 heterocycles. The van der Waals surface area contributed by atoms with Crippen molar-refractivity contribution in [2.75, 3.05) is 11.1 Å². The fourth-order valence-electron chi connectivity index (χ4n) is 2.02. The Morgan fingerprint density at radius 1 is 1.15 bits per heavy atom. The average molecular weight is 270 g/mol. The lowest BCUT2D eigenvalue weighted by atomic mass is 10.1. The summed E-state index contributed by atoms with van der Waals surface area (Å²) in [4.78, 5) is 12.3. The van der Waals surface area contributed by atoms with Gasteiger partial charge in [0.1, 0.15) is 5.75 Å². The molecule has 0 saturated carbocycles. The molecule has 4 nitrogen and oxygen atoms in total. The third-order valence-corrected chi connectivity index (χ3v) is 3.40. The van der Waals surface area contributed by atoms with Crippen molar-refractivity contribution in [2.24, 2.45) is 0 Å². The number of rotatable bonds is 2. The molecule has 0 saturated heterocycles. The molecule has 4 N–H and O–H groups in total. The number of aromatic hydroxyl groups is 1. The van der Waals surface area contributed by atoms with E-state index in [1.165, 1.54) is 6.07 Å². The Balaban J connectivity index is 2.38. The molecule has 0 radical (unpaired) electrons. The third-order valence-electron chi connectivity index (χ3n) is 3.40. The van der Waals surface area contributed by atoms with Gasteiger partial charge < -0.3 is 16.2 Å². The second-order valence-corrected chi connectivity index (χ2v) is 4.95. The van der Waals surface area contributed by atoms with Crippen LogP contribution in [0.3, 0.4) is 0 Å². The van der Waals surface area contributed by atoms with Gasteiger partial charge >= 0.3 is 0 Å². The second kappa shape index (κ2) is 5.25. The van der Waals surface area contributed by atoms with Gasteiger partial charge in [-0.2, -0.15) is 0 Å². The number of carbonyl (C=O) groups is 1. The normalized spacial score (nSPS) is 10.3. The van der Waals surface area contributed by atoms with E-state index in [-0.39, 0.29) is 17.2 Å². The van der Waals surface area contributed by atoms with Crippen LogP contribution in [-0.2, 0) is 0 Å². The molecule has 2 aromatic carbocycles. The summed E-state index contributed by atoms with van der Waals surface area (Å²) in [6, 6.07) is 8.57. The van der Waals surface area contributed by atoms with Crippen molar-refractivity contribution in [2.45, 2.75) is 20.8 Å². The molecule has 0 fully saturated rings. The van der Waals surface area contributed by atoms with Crippen molar-refractivity contribution >= 4 is 17.3 Å². The second-order valence-electron chi connectivity index (χ2n) is 4.95. The first-order chi connectivity index (χ1) is 9.40. The summed E-state index contributed by atoms with van der Waals surface area (Å²) in [5.41, 5.74) is 10.1. The zero-order valence-electron chi connectivity index (χ0n) is 11.8. The number of nitrogens with one attached hydrogen (secondary N) is 1. The molecule has 0 aliphatic heterocycles. The fourth-order valence-corrected chi connectivity index (χ4v) is 2.02. The van der Waals surface area contributed by atoms with Crippen molar-refractivity contribution in [1.82, 2.24) is 0 Å². The summed E-state index contributed by atoms with van der Waals surface area (Å²) in [5, 5.41) is 12.6. The highest BCUT2D eigenvalue weighted by Crippen LogP contribution is 2.27. The number of aryl methyl sites for hydroxylation is 2. The summed E-state index contributed by atoms with van der Waals surface area (Å²) in [6.45, 7) is 5.72. The minimum Gasteiger partial charge on any atom is -0.507 e. The number of amides is 1. The van der Waals surface area contributed by atoms with Gasteiger partial charge in [-0.05, 0) is 50.1 Å². The number of phenolic OH excluding ortho intramolecular Hbond substituents is 1. The largest absolute Gasteiger partial charge is 0.507 e. The van der Waals surface area contributed by atoms with E-state index in [4.69, 9.17) is 5.73 Å². The Hall–Kier alpha value is -2.49. The first-order valence-corrected chi connectivity index (χ1v) is 6.37. The molecule has 0 bridgehead atoms. The van der Waals surface area contributed by atoms with Crippen molar-refractivity contribution in [3.63, 3.8) is 0 Å². The van der Waals surface area contributed by atoms with Crippen molar-refractivity contribution in [1.29, 1.82) is 0 Å². The maximum Gasteiger partial charge on any atom is 0.259 e. The zero-order chi connectivity index (χ0) is 14.9. The monoisotopic (exact) mass is 270 g/mol. The van der Waals surface area contributed by atoms with Gasteiger partial charge in [-0.25, -0.2) is 0 Å². The smallest absolute Gasteiger partial charge is 0.259 e. The van der Waals surface area contributed by atoms with Gasteiger partial charge in [0.2, 0.25) is 0 Å². The van der Waals surface area contributed by atoms with E-state index in [0.717, 1.165) is 16.7 Å². The first kappa shape index (κ1) is 13.9. The molecule has 104 valence electrons. The topological polar surface area (TPSA) is 75.3 Å². The highest BCUT2D eigenvalue weighted by Gasteiger charge is 2.14. The molecule has 0 aliphatic rings. The lowest BCUT2D eigenvalue weighted by Crippen LogP contribution is -2.15. The van der Waals surface area contributed by atoms with Gasteiger partial charge in [0.15, 0.2) is 0 Å². The van der Waals surface area contributed by atoms with E-state index in [1.807, 2.05) is 26.8 Å². The summed E-state index contributed by atoms with van der Waals surface area (Å²) in [5.74, 6) is -0.413. The van der Waals surface area contributed by atoms with Crippen LogP contribution in [0.15, 0.2) is 30.3 Å². The summed E-state index contributed by atoms with van der Waals surface area (Å²) < 4.78 is 0. The molecule has 1 amide bonds. The van der Waals surface area contributed by atoms with Gasteiger partial charge in [0.25, 0.3) is 5.91 Å². The Bertz CT molecular complexity index is 678. The van der Waals surface area contributed by atoms with Gasteiger partial charge in [-0.1, -0.05) is 17.7 Å². The van der Waals surface area contributed by atoms with Crippen LogP contribution in [-0.4, -0.2) is 11.0 Å². The number of benzene rings is 2. The molecular formula is C16H18N2O2. The van der Waals surface area contributed by atoms with E-state index in [0.29, 0.717) is 11.4 Å². The fraction of sp³-hybridized carbons (Fsp3) is 0.188. The number of hydrogen-bond donors (Lipinski definition) is 3. The Morgan fingerprint density at radius 2 is 1.85 bits per heavy atom. The maximum atomic E-state index is 12.3. The van der Waals surface area contributed by atoms with E-state index in [1.54, 1.807) is 18.2 Å². The molecule has 2 rings (SSSR count). The minimum absolute atomic E-state index is 0.0445. The van der Waals surface area contributed by atoms with Crippen LogP contribution in [0.4, 0.5) is 11.4 Å². The van der Waals surface area contributed by atoms with Gasteiger partial charge in [-0.15, -0.1) is 0 Å². The Kier molecular flexibility index (Phi) is 3.66. The van der Waals surface area contributed by atoms with Crippen LogP contribution >= 0.6 is 0 Å². The van der Waals surface area contributed by atoms with Crippen molar-refractivity contribution in [3.05, 3.63) is 52.6 Å². The van der Waals surface area contributed by atoms with E-state index in [2.05, 4.69) is 5.32 Å². The number of anilines is 2. The van der Waals surface area contributed by atoms with Crippen LogP contribution in [0.2, 0.25) is 0 Å². The number of nitrogen functional groups attached to an aromatic ring is 1. The SMILES string of the molecule is Cc1ccc(O)c(C(=O)Nc2c(N)ccc(C)c2C)c1. The molecule has 0 aliphatic carbocycles. The number of carbonyl (C=O) groups excluding carboxylic acids is 1. The van der Waals surface area contributed by atoms with Crippen LogP contribution < -0.4 is 11.1 Å². The highest BCUT2D eigenvalue weighted by molar-refractivity contribution is 6.08. The van der Waals surface area contributed by atoms with Gasteiger partial charge in [0.05, 0.1) is 16.9 Å². The Labute approximate surface area is 118 Å². The lowest BCUT2D eigenvalue weighted by molar-refractivity contribution is 0.102. The minimum atomic E-state index is -0.369. The Morgan fingerprint density at radius 3 is 2.55 bits per heavy atom. The molecule has 2 aromatic rings. The molecule has 4 heteroatoms. The van der Waals surface area contributed by atoms with E-state index >= 15 is 0 Å². The number of phenols is 1. The standard InChI is InChI=1S/C16H18N2O2/c1-9-4-7-14(19)12(8-9)16(20)18-15-11(3)10(2)5-6-13(15)17/h4-8,19H,17H2,1-3H3,(H,18,20). The zero-order valence-corrected chi connectivity index (χ0v) is 11.8. The molecule has 0 spiro atoms. The number of hydrogen-bond acceptors (Lipinski definition) is 3. The predicted octanol–water partition coefficient (Wildman–Crippen LogP) is 3.15. The predicted molar refractivity (Wildman–Crippen MR) is 81.1 cm³/mol. The molecular weight excluding hydrogens is 252 g/mol. The van der Waals surface area contributed by atoms with Gasteiger partial charge in [-0.3, -0.25) is 4.79 Å². The third kappa shape index (κ3) is 2.59. The number of nitrogens with two attached hydrogens (primary N) is 1. The van der Waals surface area contributed by atoms with E-state index < -0.39 is 0 Å².